The van der Waals surface area contributed by atoms with Gasteiger partial charge in [-0.05, 0) is 62.1 Å². The van der Waals surface area contributed by atoms with Gasteiger partial charge in [0, 0.05) is 11.8 Å². The molecule has 0 amide bonds. The number of nitrogens with zero attached hydrogens (tertiary/aromatic N) is 3. The van der Waals surface area contributed by atoms with Crippen LogP contribution in [0.5, 0.6) is 5.75 Å². The highest BCUT2D eigenvalue weighted by Crippen LogP contribution is 2.37. The van der Waals surface area contributed by atoms with E-state index in [1.807, 2.05) is 24.3 Å². The van der Waals surface area contributed by atoms with Crippen molar-refractivity contribution in [1.82, 2.24) is 14.9 Å². The second kappa shape index (κ2) is 9.82. The molecule has 0 spiro atoms. The number of benzene rings is 1. The number of hydrogen-bond acceptors (Lipinski definition) is 7. The first-order valence-corrected chi connectivity index (χ1v) is 12.5. The molecule has 0 aliphatic carbocycles. The summed E-state index contributed by atoms with van der Waals surface area (Å²) in [4.78, 5) is 12.5. The average molecular weight is 465 g/mol. The highest BCUT2D eigenvalue weighted by atomic mass is 32.1. The van der Waals surface area contributed by atoms with Gasteiger partial charge in [0.25, 0.3) is 0 Å². The van der Waals surface area contributed by atoms with Crippen LogP contribution in [0.1, 0.15) is 25.0 Å². The molecule has 8 heteroatoms. The summed E-state index contributed by atoms with van der Waals surface area (Å²) in [6.45, 7) is 6.89. The summed E-state index contributed by atoms with van der Waals surface area (Å²) in [7, 11) is 0.230. The normalized spacial score (nSPS) is 14.9. The van der Waals surface area contributed by atoms with Crippen molar-refractivity contribution in [1.29, 1.82) is 0 Å². The Labute approximate surface area is 193 Å². The third kappa shape index (κ3) is 4.85. The lowest BCUT2D eigenvalue weighted by molar-refractivity contribution is 0.206. The molecule has 1 aliphatic rings. The SMILES string of the molecule is C=CPOc1cccc(Nc2ncnc3cc(-c4ccc(CN5CCCCC5)o4)sc23)c1. The molecule has 5 rings (SSSR count). The zero-order valence-electron chi connectivity index (χ0n) is 17.7. The lowest BCUT2D eigenvalue weighted by atomic mass is 10.1. The molecule has 4 heterocycles. The van der Waals surface area contributed by atoms with Crippen molar-refractivity contribution in [3.8, 4) is 16.4 Å². The standard InChI is InChI=1S/C24H25N4O2PS/c1-2-31-30-18-8-6-7-17(13-18)27-24-23-20(25-16-26-24)14-22(32-23)21-10-9-19(29-21)15-28-11-4-3-5-12-28/h2,6-10,13-14,16,31H,1,3-5,11-12,15H2,(H,25,26,27). The smallest absolute Gasteiger partial charge is 0.151 e. The van der Waals surface area contributed by atoms with Crippen molar-refractivity contribution >= 4 is 41.9 Å². The monoisotopic (exact) mass is 464 g/mol. The van der Waals surface area contributed by atoms with E-state index in [0.29, 0.717) is 0 Å². The molecule has 1 aliphatic heterocycles. The Morgan fingerprint density at radius 2 is 2.06 bits per heavy atom. The number of anilines is 2. The van der Waals surface area contributed by atoms with Crippen LogP contribution >= 0.6 is 20.1 Å². The Morgan fingerprint density at radius 3 is 2.94 bits per heavy atom. The number of piperidine rings is 1. The molecule has 1 fully saturated rings. The first-order valence-electron chi connectivity index (χ1n) is 10.7. The van der Waals surface area contributed by atoms with Gasteiger partial charge in [-0.15, -0.1) is 11.3 Å². The van der Waals surface area contributed by atoms with Gasteiger partial charge in [-0.3, -0.25) is 4.90 Å². The molecular weight excluding hydrogens is 439 g/mol. The van der Waals surface area contributed by atoms with Crippen molar-refractivity contribution in [2.75, 3.05) is 18.4 Å². The quantitative estimate of drug-likeness (QED) is 0.290. The maximum absolute atomic E-state index is 6.19. The van der Waals surface area contributed by atoms with Crippen LogP contribution in [0.4, 0.5) is 11.5 Å². The molecule has 1 saturated heterocycles. The predicted molar refractivity (Wildman–Crippen MR) is 133 cm³/mol. The zero-order chi connectivity index (χ0) is 21.8. The lowest BCUT2D eigenvalue weighted by Gasteiger charge is -2.25. The van der Waals surface area contributed by atoms with E-state index in [1.165, 1.54) is 19.3 Å². The fraction of sp³-hybridized carbons (Fsp3) is 0.250. The van der Waals surface area contributed by atoms with Crippen LogP contribution in [0.3, 0.4) is 0 Å². The Morgan fingerprint density at radius 1 is 1.16 bits per heavy atom. The fourth-order valence-corrected chi connectivity index (χ4v) is 5.25. The number of hydrogen-bond donors (Lipinski definition) is 1. The van der Waals surface area contributed by atoms with Gasteiger partial charge in [0.15, 0.2) is 5.82 Å². The van der Waals surface area contributed by atoms with Gasteiger partial charge >= 0.3 is 0 Å². The fourth-order valence-electron chi connectivity index (χ4n) is 3.88. The number of likely N-dealkylation sites (tertiary alicyclic amines) is 1. The maximum Gasteiger partial charge on any atom is 0.151 e. The minimum atomic E-state index is 0.230. The summed E-state index contributed by atoms with van der Waals surface area (Å²) in [5, 5.41) is 3.41. The predicted octanol–water partition coefficient (Wildman–Crippen LogP) is 6.80. The number of rotatable bonds is 8. The number of thiophene rings is 1. The minimum Gasteiger partial charge on any atom is -0.473 e. The highest BCUT2D eigenvalue weighted by molar-refractivity contribution is 7.36. The molecule has 1 aromatic carbocycles. The van der Waals surface area contributed by atoms with Gasteiger partial charge in [0.1, 0.15) is 23.6 Å². The van der Waals surface area contributed by atoms with E-state index in [-0.39, 0.29) is 8.81 Å². The van der Waals surface area contributed by atoms with Crippen LogP contribution < -0.4 is 9.84 Å². The van der Waals surface area contributed by atoms with Crippen molar-refractivity contribution in [2.45, 2.75) is 25.8 Å². The summed E-state index contributed by atoms with van der Waals surface area (Å²) >= 11 is 1.64. The third-order valence-corrected chi connectivity index (χ3v) is 7.07. The van der Waals surface area contributed by atoms with Crippen LogP contribution in [0.2, 0.25) is 0 Å². The number of fused-ring (bicyclic) bond motifs is 1. The molecule has 1 atom stereocenters. The molecule has 0 radical (unpaired) electrons. The van der Waals surface area contributed by atoms with Crippen molar-refractivity contribution in [3.63, 3.8) is 0 Å². The van der Waals surface area contributed by atoms with Crippen molar-refractivity contribution in [3.05, 3.63) is 66.9 Å². The molecule has 4 aromatic rings. The Balaban J connectivity index is 1.36. The zero-order valence-corrected chi connectivity index (χ0v) is 19.5. The van der Waals surface area contributed by atoms with Crippen LogP contribution in [0.15, 0.2) is 65.6 Å². The van der Waals surface area contributed by atoms with Gasteiger partial charge in [-0.25, -0.2) is 9.97 Å². The second-order valence-electron chi connectivity index (χ2n) is 7.73. The molecule has 0 bridgehead atoms. The number of aromatic nitrogens is 2. The largest absolute Gasteiger partial charge is 0.473 e. The van der Waals surface area contributed by atoms with Crippen LogP contribution in [0.25, 0.3) is 20.9 Å². The molecule has 3 aromatic heterocycles. The second-order valence-corrected chi connectivity index (χ2v) is 9.63. The Kier molecular flexibility index (Phi) is 6.49. The molecule has 6 nitrogen and oxygen atoms in total. The van der Waals surface area contributed by atoms with E-state index >= 15 is 0 Å². The summed E-state index contributed by atoms with van der Waals surface area (Å²) in [6.07, 6.45) is 5.49. The first kappa shape index (κ1) is 21.1. The Hall–Kier alpha value is -2.73. The van der Waals surface area contributed by atoms with Crippen LogP contribution in [0, 0.1) is 0 Å². The topological polar surface area (TPSA) is 63.4 Å². The van der Waals surface area contributed by atoms with Crippen molar-refractivity contribution < 1.29 is 8.94 Å². The highest BCUT2D eigenvalue weighted by Gasteiger charge is 2.16. The molecular formula is C24H25N4O2PS. The van der Waals surface area contributed by atoms with E-state index in [2.05, 4.69) is 45.0 Å². The van der Waals surface area contributed by atoms with E-state index in [9.17, 15) is 0 Å². The van der Waals surface area contributed by atoms with Crippen LogP contribution in [-0.2, 0) is 6.54 Å². The average Bonchev–Trinajstić information content (AvgIpc) is 3.46. The van der Waals surface area contributed by atoms with Crippen LogP contribution in [-0.4, -0.2) is 28.0 Å². The molecule has 164 valence electrons. The van der Waals surface area contributed by atoms with Gasteiger partial charge < -0.3 is 14.3 Å². The molecule has 1 unspecified atom stereocenters. The van der Waals surface area contributed by atoms with Gasteiger partial charge in [-0.1, -0.05) is 19.1 Å². The van der Waals surface area contributed by atoms with Gasteiger partial charge in [0.2, 0.25) is 0 Å². The number of furan rings is 1. The van der Waals surface area contributed by atoms with E-state index < -0.39 is 0 Å². The molecule has 32 heavy (non-hydrogen) atoms. The summed E-state index contributed by atoms with van der Waals surface area (Å²) in [5.74, 6) is 5.22. The van der Waals surface area contributed by atoms with Gasteiger partial charge in [0.05, 0.1) is 30.4 Å². The third-order valence-electron chi connectivity index (χ3n) is 5.40. The van der Waals surface area contributed by atoms with Crippen molar-refractivity contribution in [2.24, 2.45) is 0 Å². The lowest BCUT2D eigenvalue weighted by Crippen LogP contribution is -2.28. The minimum absolute atomic E-state index is 0.230. The van der Waals surface area contributed by atoms with E-state index in [1.54, 1.807) is 23.5 Å². The molecule has 1 N–H and O–H groups in total. The molecule has 0 saturated carbocycles. The summed E-state index contributed by atoms with van der Waals surface area (Å²) in [5.41, 5.74) is 1.81. The van der Waals surface area contributed by atoms with E-state index in [0.717, 1.165) is 63.5 Å². The summed E-state index contributed by atoms with van der Waals surface area (Å²) in [6, 6.07) is 14.1. The van der Waals surface area contributed by atoms with Gasteiger partial charge in [-0.2, -0.15) is 0 Å². The van der Waals surface area contributed by atoms with E-state index in [4.69, 9.17) is 8.94 Å². The maximum atomic E-state index is 6.19. The first-order chi connectivity index (χ1) is 15.8. The summed E-state index contributed by atoms with van der Waals surface area (Å²) < 4.78 is 12.8. The Bertz CT molecular complexity index is 1220. The number of nitrogens with one attached hydrogen (secondary N) is 1.